The van der Waals surface area contributed by atoms with Gasteiger partial charge in [-0.2, -0.15) is 5.10 Å². The molecule has 0 unspecified atom stereocenters. The fraction of sp³-hybridized carbons (Fsp3) is 0.0667. The quantitative estimate of drug-likeness (QED) is 0.771. The van der Waals surface area contributed by atoms with E-state index < -0.39 is 5.97 Å². The second-order valence-electron chi connectivity index (χ2n) is 4.69. The van der Waals surface area contributed by atoms with Crippen molar-refractivity contribution in [2.24, 2.45) is 0 Å². The molecule has 0 spiro atoms. The summed E-state index contributed by atoms with van der Waals surface area (Å²) in [5, 5.41) is 15.8. The van der Waals surface area contributed by atoms with Crippen LogP contribution in [0.3, 0.4) is 0 Å². The molecule has 1 aromatic carbocycles. The Bertz CT molecular complexity index is 885. The molecule has 0 atom stereocenters. The zero-order valence-electron chi connectivity index (χ0n) is 11.6. The van der Waals surface area contributed by atoms with Crippen molar-refractivity contribution in [2.45, 2.75) is 6.92 Å². The van der Waals surface area contributed by atoms with Crippen LogP contribution < -0.4 is 5.32 Å². The van der Waals surface area contributed by atoms with E-state index in [1.807, 2.05) is 0 Å². The molecule has 0 radical (unpaired) electrons. The molecule has 0 saturated heterocycles. The van der Waals surface area contributed by atoms with Crippen LogP contribution in [0.1, 0.15) is 17.3 Å². The molecule has 3 aromatic rings. The largest absolute Gasteiger partial charge is 0.478 e. The van der Waals surface area contributed by atoms with Crippen molar-refractivity contribution in [2.75, 3.05) is 5.32 Å². The lowest BCUT2D eigenvalue weighted by molar-refractivity contribution is -0.114. The Balaban J connectivity index is 2.10. The number of carbonyl (C=O) groups excluding carboxylic acids is 1. The number of aromatic nitrogens is 3. The lowest BCUT2D eigenvalue weighted by atomic mass is 10.1. The molecule has 3 rings (SSSR count). The van der Waals surface area contributed by atoms with Gasteiger partial charge in [-0.15, -0.1) is 0 Å². The zero-order chi connectivity index (χ0) is 15.7. The van der Waals surface area contributed by atoms with Gasteiger partial charge < -0.3 is 10.4 Å². The smallest absolute Gasteiger partial charge is 0.337 e. The summed E-state index contributed by atoms with van der Waals surface area (Å²) in [6, 6.07) is 8.24. The number of carboxylic acid groups (broad SMARTS) is 1. The van der Waals surface area contributed by atoms with E-state index in [9.17, 15) is 14.7 Å². The van der Waals surface area contributed by atoms with Crippen molar-refractivity contribution in [3.63, 3.8) is 0 Å². The fourth-order valence-corrected chi connectivity index (χ4v) is 2.16. The molecule has 110 valence electrons. The summed E-state index contributed by atoms with van der Waals surface area (Å²) in [6.45, 7) is 1.33. The van der Waals surface area contributed by atoms with Crippen molar-refractivity contribution in [1.82, 2.24) is 14.6 Å². The molecule has 1 amide bonds. The van der Waals surface area contributed by atoms with E-state index in [0.717, 1.165) is 0 Å². The third-order valence-corrected chi connectivity index (χ3v) is 3.11. The van der Waals surface area contributed by atoms with Crippen molar-refractivity contribution in [3.8, 4) is 11.3 Å². The number of nitrogens with one attached hydrogen (secondary N) is 1. The van der Waals surface area contributed by atoms with Crippen LogP contribution in [-0.2, 0) is 4.79 Å². The first kappa shape index (κ1) is 13.7. The van der Waals surface area contributed by atoms with E-state index in [1.165, 1.54) is 13.0 Å². The predicted molar refractivity (Wildman–Crippen MR) is 79.7 cm³/mol. The van der Waals surface area contributed by atoms with Crippen molar-refractivity contribution in [3.05, 3.63) is 48.3 Å². The lowest BCUT2D eigenvalue weighted by Gasteiger charge is -2.09. The Labute approximate surface area is 125 Å². The van der Waals surface area contributed by atoms with Gasteiger partial charge in [-0.25, -0.2) is 14.3 Å². The molecular weight excluding hydrogens is 284 g/mol. The van der Waals surface area contributed by atoms with E-state index >= 15 is 0 Å². The predicted octanol–water partition coefficient (Wildman–Crippen LogP) is 2.05. The van der Waals surface area contributed by atoms with Crippen molar-refractivity contribution < 1.29 is 14.7 Å². The van der Waals surface area contributed by atoms with Crippen LogP contribution in [0.15, 0.2) is 42.7 Å². The number of rotatable bonds is 3. The third-order valence-electron chi connectivity index (χ3n) is 3.11. The number of fused-ring (bicyclic) bond motifs is 1. The Morgan fingerprint density at radius 2 is 2.05 bits per heavy atom. The molecular formula is C15H12N4O3. The second-order valence-corrected chi connectivity index (χ2v) is 4.69. The van der Waals surface area contributed by atoms with E-state index in [-0.39, 0.29) is 17.2 Å². The number of anilines is 1. The summed E-state index contributed by atoms with van der Waals surface area (Å²) in [5.41, 5.74) is 2.33. The van der Waals surface area contributed by atoms with Crippen molar-refractivity contribution >= 4 is 23.2 Å². The molecule has 2 heterocycles. The second kappa shape index (κ2) is 5.28. The van der Waals surface area contributed by atoms with Gasteiger partial charge in [0, 0.05) is 24.8 Å². The van der Waals surface area contributed by atoms with Gasteiger partial charge in [0.1, 0.15) is 0 Å². The number of hydrogen-bond acceptors (Lipinski definition) is 4. The van der Waals surface area contributed by atoms with Crippen LogP contribution in [0.2, 0.25) is 0 Å². The molecule has 0 aliphatic rings. The first-order valence-electron chi connectivity index (χ1n) is 6.50. The van der Waals surface area contributed by atoms with Crippen LogP contribution in [0, 0.1) is 0 Å². The van der Waals surface area contributed by atoms with E-state index in [4.69, 9.17) is 0 Å². The molecule has 2 aromatic heterocycles. The van der Waals surface area contributed by atoms with Gasteiger partial charge in [-0.1, -0.05) is 6.07 Å². The average molecular weight is 296 g/mol. The molecule has 22 heavy (non-hydrogen) atoms. The first-order valence-corrected chi connectivity index (χ1v) is 6.50. The number of nitrogens with zero attached hydrogens (tertiary/aromatic N) is 3. The number of amides is 1. The van der Waals surface area contributed by atoms with E-state index in [2.05, 4.69) is 15.4 Å². The standard InChI is InChI=1S/C15H12N4O3/c1-9(20)17-13-8-10(2-3-11(13)15(21)22)12-5-7-19-14(18-12)4-6-16-19/h2-8H,1H3,(H,17,20)(H,21,22). The van der Waals surface area contributed by atoms with Crippen LogP contribution in [-0.4, -0.2) is 31.6 Å². The fourth-order valence-electron chi connectivity index (χ4n) is 2.16. The number of benzene rings is 1. The van der Waals surface area contributed by atoms with E-state index in [0.29, 0.717) is 16.9 Å². The monoisotopic (exact) mass is 296 g/mol. The number of aromatic carboxylic acids is 1. The van der Waals surface area contributed by atoms with Crippen LogP contribution >= 0.6 is 0 Å². The summed E-state index contributed by atoms with van der Waals surface area (Å²) in [5.74, 6) is -1.44. The highest BCUT2D eigenvalue weighted by molar-refractivity contribution is 6.00. The highest BCUT2D eigenvalue weighted by Gasteiger charge is 2.13. The Morgan fingerprint density at radius 3 is 2.77 bits per heavy atom. The van der Waals surface area contributed by atoms with E-state index in [1.54, 1.807) is 41.2 Å². The van der Waals surface area contributed by atoms with Gasteiger partial charge in [0.05, 0.1) is 23.1 Å². The summed E-state index contributed by atoms with van der Waals surface area (Å²) in [6.07, 6.45) is 3.41. The van der Waals surface area contributed by atoms with Crippen LogP contribution in [0.4, 0.5) is 5.69 Å². The molecule has 0 fully saturated rings. The molecule has 0 saturated carbocycles. The highest BCUT2D eigenvalue weighted by atomic mass is 16.4. The van der Waals surface area contributed by atoms with Gasteiger partial charge in [-0.3, -0.25) is 4.79 Å². The summed E-state index contributed by atoms with van der Waals surface area (Å²) in [4.78, 5) is 26.9. The maximum atomic E-state index is 11.2. The van der Waals surface area contributed by atoms with Gasteiger partial charge in [0.25, 0.3) is 0 Å². The molecule has 0 aliphatic carbocycles. The minimum absolute atomic E-state index is 0.0318. The minimum Gasteiger partial charge on any atom is -0.478 e. The molecule has 2 N–H and O–H groups in total. The molecule has 0 bridgehead atoms. The lowest BCUT2D eigenvalue weighted by Crippen LogP contribution is -2.11. The Hall–Kier alpha value is -3.22. The van der Waals surface area contributed by atoms with Crippen LogP contribution in [0.25, 0.3) is 16.9 Å². The van der Waals surface area contributed by atoms with Crippen molar-refractivity contribution in [1.29, 1.82) is 0 Å². The first-order chi connectivity index (χ1) is 10.5. The number of hydrogen-bond donors (Lipinski definition) is 2. The Kier molecular flexibility index (Phi) is 3.30. The molecule has 7 nitrogen and oxygen atoms in total. The normalized spacial score (nSPS) is 10.6. The molecule has 0 aliphatic heterocycles. The van der Waals surface area contributed by atoms with Gasteiger partial charge in [-0.05, 0) is 18.2 Å². The SMILES string of the molecule is CC(=O)Nc1cc(-c2ccn3nccc3n2)ccc1C(=O)O. The average Bonchev–Trinajstić information content (AvgIpc) is 2.93. The highest BCUT2D eigenvalue weighted by Crippen LogP contribution is 2.25. The summed E-state index contributed by atoms with van der Waals surface area (Å²) in [7, 11) is 0. The maximum Gasteiger partial charge on any atom is 0.337 e. The number of carboxylic acids is 1. The third kappa shape index (κ3) is 2.51. The summed E-state index contributed by atoms with van der Waals surface area (Å²) >= 11 is 0. The van der Waals surface area contributed by atoms with Gasteiger partial charge >= 0.3 is 5.97 Å². The number of carbonyl (C=O) groups is 2. The van der Waals surface area contributed by atoms with Gasteiger partial charge in [0.15, 0.2) is 5.65 Å². The zero-order valence-corrected chi connectivity index (χ0v) is 11.6. The Morgan fingerprint density at radius 1 is 1.23 bits per heavy atom. The topological polar surface area (TPSA) is 96.6 Å². The molecule has 7 heteroatoms. The minimum atomic E-state index is -1.10. The summed E-state index contributed by atoms with van der Waals surface area (Å²) < 4.78 is 1.63. The van der Waals surface area contributed by atoms with Crippen LogP contribution in [0.5, 0.6) is 0 Å². The maximum absolute atomic E-state index is 11.2. The van der Waals surface area contributed by atoms with Gasteiger partial charge in [0.2, 0.25) is 5.91 Å².